The Morgan fingerprint density at radius 3 is 2.67 bits per heavy atom. The van der Waals surface area contributed by atoms with Crippen molar-refractivity contribution in [2.24, 2.45) is 5.73 Å². The smallest absolute Gasteiger partial charge is 0.0178 e. The Hall–Kier alpha value is -0.340. The summed E-state index contributed by atoms with van der Waals surface area (Å²) < 4.78 is 1.15. The molecular formula is C10H12BrN. The van der Waals surface area contributed by atoms with Gasteiger partial charge in [0.1, 0.15) is 0 Å². The molecule has 2 unspecified atom stereocenters. The molecule has 0 aromatic heterocycles. The first-order chi connectivity index (χ1) is 5.77. The maximum atomic E-state index is 5.89. The maximum Gasteiger partial charge on any atom is 0.0178 e. The predicted octanol–water partition coefficient (Wildman–Crippen LogP) is 2.65. The standard InChI is InChI=1S/C10H12BrN/c11-8-3-1-2-7(6-8)9-4-5-10(9)12/h1-3,6,9-10H,4-5,12H2. The number of nitrogens with two attached hydrogens (primary N) is 1. The monoisotopic (exact) mass is 225 g/mol. The minimum atomic E-state index is 0.388. The molecule has 0 spiro atoms. The van der Waals surface area contributed by atoms with E-state index >= 15 is 0 Å². The summed E-state index contributed by atoms with van der Waals surface area (Å²) in [6.45, 7) is 0. The van der Waals surface area contributed by atoms with Crippen LogP contribution in [0.5, 0.6) is 0 Å². The van der Waals surface area contributed by atoms with Gasteiger partial charge in [-0.05, 0) is 36.5 Å². The molecule has 0 amide bonds. The second-order valence-electron chi connectivity index (χ2n) is 3.40. The molecule has 0 aliphatic heterocycles. The zero-order chi connectivity index (χ0) is 8.55. The molecular weight excluding hydrogens is 214 g/mol. The number of hydrogen-bond acceptors (Lipinski definition) is 1. The van der Waals surface area contributed by atoms with Crippen molar-refractivity contribution in [1.29, 1.82) is 0 Å². The summed E-state index contributed by atoms with van der Waals surface area (Å²) >= 11 is 3.46. The van der Waals surface area contributed by atoms with E-state index < -0.39 is 0 Å². The highest BCUT2D eigenvalue weighted by molar-refractivity contribution is 9.10. The van der Waals surface area contributed by atoms with Crippen LogP contribution in [-0.2, 0) is 0 Å². The van der Waals surface area contributed by atoms with Crippen LogP contribution in [0.25, 0.3) is 0 Å². The highest BCUT2D eigenvalue weighted by atomic mass is 79.9. The summed E-state index contributed by atoms with van der Waals surface area (Å²) in [4.78, 5) is 0. The van der Waals surface area contributed by atoms with E-state index in [0.29, 0.717) is 12.0 Å². The van der Waals surface area contributed by atoms with Crippen molar-refractivity contribution in [1.82, 2.24) is 0 Å². The van der Waals surface area contributed by atoms with E-state index in [4.69, 9.17) is 5.73 Å². The van der Waals surface area contributed by atoms with E-state index in [1.54, 1.807) is 0 Å². The quantitative estimate of drug-likeness (QED) is 0.782. The molecule has 12 heavy (non-hydrogen) atoms. The lowest BCUT2D eigenvalue weighted by atomic mass is 9.76. The van der Waals surface area contributed by atoms with Crippen LogP contribution in [0, 0.1) is 0 Å². The van der Waals surface area contributed by atoms with E-state index in [1.165, 1.54) is 18.4 Å². The third-order valence-corrected chi connectivity index (χ3v) is 3.10. The van der Waals surface area contributed by atoms with Crippen LogP contribution in [0.4, 0.5) is 0 Å². The molecule has 2 N–H and O–H groups in total. The van der Waals surface area contributed by atoms with Crippen molar-refractivity contribution in [3.8, 4) is 0 Å². The Morgan fingerprint density at radius 2 is 2.17 bits per heavy atom. The maximum absolute atomic E-state index is 5.89. The van der Waals surface area contributed by atoms with E-state index in [0.717, 1.165) is 4.47 Å². The normalized spacial score (nSPS) is 28.2. The van der Waals surface area contributed by atoms with Gasteiger partial charge in [0.25, 0.3) is 0 Å². The second kappa shape index (κ2) is 3.19. The molecule has 1 nitrogen and oxygen atoms in total. The Labute approximate surface area is 81.1 Å². The van der Waals surface area contributed by atoms with Crippen molar-refractivity contribution < 1.29 is 0 Å². The van der Waals surface area contributed by atoms with Gasteiger partial charge in [-0.1, -0.05) is 28.1 Å². The summed E-state index contributed by atoms with van der Waals surface area (Å²) in [5.41, 5.74) is 7.27. The van der Waals surface area contributed by atoms with Crippen LogP contribution in [0.3, 0.4) is 0 Å². The van der Waals surface area contributed by atoms with Gasteiger partial charge in [-0.25, -0.2) is 0 Å². The zero-order valence-corrected chi connectivity index (χ0v) is 8.42. The Balaban J connectivity index is 2.22. The zero-order valence-electron chi connectivity index (χ0n) is 6.83. The van der Waals surface area contributed by atoms with Gasteiger partial charge < -0.3 is 5.73 Å². The Morgan fingerprint density at radius 1 is 1.33 bits per heavy atom. The largest absolute Gasteiger partial charge is 0.327 e. The van der Waals surface area contributed by atoms with Gasteiger partial charge >= 0.3 is 0 Å². The van der Waals surface area contributed by atoms with Gasteiger partial charge in [0, 0.05) is 10.5 Å². The third-order valence-electron chi connectivity index (χ3n) is 2.60. The first-order valence-electron chi connectivity index (χ1n) is 4.28. The molecule has 2 heteroatoms. The van der Waals surface area contributed by atoms with Crippen molar-refractivity contribution in [3.63, 3.8) is 0 Å². The molecule has 0 heterocycles. The fourth-order valence-corrected chi connectivity index (χ4v) is 2.09. The van der Waals surface area contributed by atoms with Crippen molar-refractivity contribution in [2.75, 3.05) is 0 Å². The van der Waals surface area contributed by atoms with Crippen LogP contribution in [-0.4, -0.2) is 6.04 Å². The minimum absolute atomic E-state index is 0.388. The van der Waals surface area contributed by atoms with Crippen molar-refractivity contribution in [3.05, 3.63) is 34.3 Å². The van der Waals surface area contributed by atoms with Gasteiger partial charge in [0.05, 0.1) is 0 Å². The van der Waals surface area contributed by atoms with E-state index in [1.807, 2.05) is 6.07 Å². The molecule has 0 bridgehead atoms. The van der Waals surface area contributed by atoms with Gasteiger partial charge in [0.2, 0.25) is 0 Å². The highest BCUT2D eigenvalue weighted by Gasteiger charge is 2.28. The van der Waals surface area contributed by atoms with E-state index in [2.05, 4.69) is 34.1 Å². The molecule has 0 saturated heterocycles. The molecule has 1 fully saturated rings. The van der Waals surface area contributed by atoms with Crippen LogP contribution >= 0.6 is 15.9 Å². The van der Waals surface area contributed by atoms with Crippen LogP contribution in [0.15, 0.2) is 28.7 Å². The van der Waals surface area contributed by atoms with Gasteiger partial charge in [-0.15, -0.1) is 0 Å². The average Bonchev–Trinajstić information content (AvgIpc) is 2.02. The van der Waals surface area contributed by atoms with Crippen molar-refractivity contribution in [2.45, 2.75) is 24.8 Å². The topological polar surface area (TPSA) is 26.0 Å². The molecule has 1 saturated carbocycles. The lowest BCUT2D eigenvalue weighted by molar-refractivity contribution is 0.346. The fourth-order valence-electron chi connectivity index (χ4n) is 1.68. The predicted molar refractivity (Wildman–Crippen MR) is 54.1 cm³/mol. The molecule has 1 aromatic carbocycles. The molecule has 2 atom stereocenters. The average molecular weight is 226 g/mol. The third kappa shape index (κ3) is 1.41. The van der Waals surface area contributed by atoms with E-state index in [-0.39, 0.29) is 0 Å². The highest BCUT2D eigenvalue weighted by Crippen LogP contribution is 2.36. The Kier molecular flexibility index (Phi) is 2.20. The number of halogens is 1. The summed E-state index contributed by atoms with van der Waals surface area (Å²) in [7, 11) is 0. The number of benzene rings is 1. The SMILES string of the molecule is NC1CCC1c1cccc(Br)c1. The van der Waals surface area contributed by atoms with Gasteiger partial charge in [0.15, 0.2) is 0 Å². The van der Waals surface area contributed by atoms with E-state index in [9.17, 15) is 0 Å². The molecule has 0 radical (unpaired) electrons. The van der Waals surface area contributed by atoms with Crippen LogP contribution < -0.4 is 5.73 Å². The first-order valence-corrected chi connectivity index (χ1v) is 5.08. The summed E-state index contributed by atoms with van der Waals surface area (Å²) in [5, 5.41) is 0. The summed E-state index contributed by atoms with van der Waals surface area (Å²) in [5.74, 6) is 0.600. The lowest BCUT2D eigenvalue weighted by Crippen LogP contribution is -2.37. The molecule has 1 aliphatic rings. The van der Waals surface area contributed by atoms with Gasteiger partial charge in [-0.3, -0.25) is 0 Å². The Bertz CT molecular complexity index is 285. The van der Waals surface area contributed by atoms with Crippen LogP contribution in [0.1, 0.15) is 24.3 Å². The molecule has 64 valence electrons. The molecule has 1 aliphatic carbocycles. The molecule has 1 aromatic rings. The first kappa shape index (κ1) is 8.27. The van der Waals surface area contributed by atoms with Gasteiger partial charge in [-0.2, -0.15) is 0 Å². The molecule has 2 rings (SSSR count). The number of rotatable bonds is 1. The van der Waals surface area contributed by atoms with Crippen LogP contribution in [0.2, 0.25) is 0 Å². The van der Waals surface area contributed by atoms with Crippen molar-refractivity contribution >= 4 is 15.9 Å². The fraction of sp³-hybridized carbons (Fsp3) is 0.400. The second-order valence-corrected chi connectivity index (χ2v) is 4.32. The lowest BCUT2D eigenvalue weighted by Gasteiger charge is -2.33. The number of hydrogen-bond donors (Lipinski definition) is 1. The minimum Gasteiger partial charge on any atom is -0.327 e. The summed E-state index contributed by atoms with van der Waals surface area (Å²) in [6, 6.07) is 8.84. The summed E-state index contributed by atoms with van der Waals surface area (Å²) in [6.07, 6.45) is 2.43.